The SMILES string of the molecule is Cc1c(C(O)c2cccc(Cl)c2Cl)cnn1C. The van der Waals surface area contributed by atoms with E-state index >= 15 is 0 Å². The molecule has 0 aliphatic carbocycles. The third-order valence-corrected chi connectivity index (χ3v) is 3.68. The summed E-state index contributed by atoms with van der Waals surface area (Å²) in [5, 5.41) is 15.2. The number of halogens is 2. The molecule has 5 heteroatoms. The first-order chi connectivity index (χ1) is 8.02. The summed E-state index contributed by atoms with van der Waals surface area (Å²) in [6, 6.07) is 5.21. The van der Waals surface area contributed by atoms with E-state index in [0.717, 1.165) is 11.3 Å². The van der Waals surface area contributed by atoms with E-state index in [1.807, 2.05) is 14.0 Å². The second-order valence-corrected chi connectivity index (χ2v) is 4.64. The minimum Gasteiger partial charge on any atom is -0.383 e. The van der Waals surface area contributed by atoms with Gasteiger partial charge in [-0.15, -0.1) is 0 Å². The Bertz CT molecular complexity index is 551. The van der Waals surface area contributed by atoms with Gasteiger partial charge in [0.15, 0.2) is 0 Å². The largest absolute Gasteiger partial charge is 0.383 e. The summed E-state index contributed by atoms with van der Waals surface area (Å²) in [6.07, 6.45) is 0.826. The first-order valence-corrected chi connectivity index (χ1v) is 5.88. The van der Waals surface area contributed by atoms with E-state index in [1.165, 1.54) is 0 Å². The molecule has 0 bridgehead atoms. The fourth-order valence-corrected chi connectivity index (χ4v) is 2.09. The topological polar surface area (TPSA) is 38.1 Å². The van der Waals surface area contributed by atoms with Crippen molar-refractivity contribution in [3.63, 3.8) is 0 Å². The average molecular weight is 271 g/mol. The van der Waals surface area contributed by atoms with Crippen molar-refractivity contribution in [1.29, 1.82) is 0 Å². The maximum atomic E-state index is 10.3. The Balaban J connectivity index is 2.47. The predicted octanol–water partition coefficient (Wildman–Crippen LogP) is 3.12. The lowest BCUT2D eigenvalue weighted by Crippen LogP contribution is -2.03. The van der Waals surface area contributed by atoms with Crippen molar-refractivity contribution < 1.29 is 5.11 Å². The molecule has 1 aromatic carbocycles. The van der Waals surface area contributed by atoms with Gasteiger partial charge in [-0.1, -0.05) is 35.3 Å². The van der Waals surface area contributed by atoms with Gasteiger partial charge in [0.2, 0.25) is 0 Å². The number of hydrogen-bond donors (Lipinski definition) is 1. The number of nitrogens with zero attached hydrogens (tertiary/aromatic N) is 2. The summed E-state index contributed by atoms with van der Waals surface area (Å²) in [7, 11) is 1.82. The molecule has 0 aliphatic heterocycles. The van der Waals surface area contributed by atoms with E-state index in [-0.39, 0.29) is 0 Å². The molecule has 1 unspecified atom stereocenters. The van der Waals surface area contributed by atoms with Gasteiger partial charge in [-0.05, 0) is 13.0 Å². The van der Waals surface area contributed by atoms with Crippen molar-refractivity contribution in [1.82, 2.24) is 9.78 Å². The quantitative estimate of drug-likeness (QED) is 0.911. The van der Waals surface area contributed by atoms with Crippen LogP contribution in [0.4, 0.5) is 0 Å². The summed E-state index contributed by atoms with van der Waals surface area (Å²) in [6.45, 7) is 1.89. The van der Waals surface area contributed by atoms with Crippen LogP contribution < -0.4 is 0 Å². The molecule has 0 radical (unpaired) electrons. The molecule has 1 atom stereocenters. The Hall–Kier alpha value is -1.03. The van der Waals surface area contributed by atoms with E-state index in [0.29, 0.717) is 15.6 Å². The zero-order valence-electron chi connectivity index (χ0n) is 9.48. The summed E-state index contributed by atoms with van der Waals surface area (Å²) >= 11 is 12.0. The number of aryl methyl sites for hydroxylation is 1. The number of aromatic nitrogens is 2. The molecule has 0 saturated heterocycles. The van der Waals surface area contributed by atoms with Crippen LogP contribution in [0.5, 0.6) is 0 Å². The van der Waals surface area contributed by atoms with Crippen molar-refractivity contribution in [2.45, 2.75) is 13.0 Å². The molecule has 0 aliphatic rings. The molecule has 0 spiro atoms. The first kappa shape index (κ1) is 12.4. The van der Waals surface area contributed by atoms with Crippen LogP contribution >= 0.6 is 23.2 Å². The lowest BCUT2D eigenvalue weighted by atomic mass is 10.0. The Kier molecular flexibility index (Phi) is 3.43. The van der Waals surface area contributed by atoms with Crippen molar-refractivity contribution in [3.8, 4) is 0 Å². The third kappa shape index (κ3) is 2.18. The van der Waals surface area contributed by atoms with E-state index < -0.39 is 6.10 Å². The van der Waals surface area contributed by atoms with Gasteiger partial charge in [0.05, 0.1) is 16.2 Å². The van der Waals surface area contributed by atoms with E-state index in [4.69, 9.17) is 23.2 Å². The zero-order chi connectivity index (χ0) is 12.6. The molecule has 0 amide bonds. The Morgan fingerprint density at radius 1 is 1.29 bits per heavy atom. The van der Waals surface area contributed by atoms with Gasteiger partial charge >= 0.3 is 0 Å². The van der Waals surface area contributed by atoms with Crippen LogP contribution in [-0.4, -0.2) is 14.9 Å². The zero-order valence-corrected chi connectivity index (χ0v) is 11.0. The smallest absolute Gasteiger partial charge is 0.109 e. The van der Waals surface area contributed by atoms with Gasteiger partial charge in [-0.2, -0.15) is 5.10 Å². The van der Waals surface area contributed by atoms with Gasteiger partial charge < -0.3 is 5.11 Å². The fourth-order valence-electron chi connectivity index (χ4n) is 1.68. The summed E-state index contributed by atoms with van der Waals surface area (Å²) < 4.78 is 1.71. The van der Waals surface area contributed by atoms with E-state index in [2.05, 4.69) is 5.10 Å². The van der Waals surface area contributed by atoms with Gasteiger partial charge in [-0.3, -0.25) is 4.68 Å². The maximum Gasteiger partial charge on any atom is 0.109 e. The highest BCUT2D eigenvalue weighted by Gasteiger charge is 2.19. The minimum atomic E-state index is -0.810. The molecule has 1 aromatic heterocycles. The predicted molar refractivity (Wildman–Crippen MR) is 68.5 cm³/mol. The van der Waals surface area contributed by atoms with Crippen LogP contribution in [0.2, 0.25) is 10.0 Å². The molecular formula is C12H12Cl2N2O. The summed E-state index contributed by atoms with van der Waals surface area (Å²) in [5.41, 5.74) is 2.22. The minimum absolute atomic E-state index is 0.380. The molecule has 90 valence electrons. The molecule has 17 heavy (non-hydrogen) atoms. The number of benzene rings is 1. The molecule has 1 heterocycles. The molecular weight excluding hydrogens is 259 g/mol. The first-order valence-electron chi connectivity index (χ1n) is 5.13. The van der Waals surface area contributed by atoms with Crippen LogP contribution in [0.15, 0.2) is 24.4 Å². The summed E-state index contributed by atoms with van der Waals surface area (Å²) in [4.78, 5) is 0. The fraction of sp³-hybridized carbons (Fsp3) is 0.250. The van der Waals surface area contributed by atoms with Crippen LogP contribution in [0.1, 0.15) is 22.9 Å². The van der Waals surface area contributed by atoms with Gasteiger partial charge in [0.25, 0.3) is 0 Å². The Morgan fingerprint density at radius 2 is 2.00 bits per heavy atom. The highest BCUT2D eigenvalue weighted by Crippen LogP contribution is 2.33. The van der Waals surface area contributed by atoms with Gasteiger partial charge in [-0.25, -0.2) is 0 Å². The lowest BCUT2D eigenvalue weighted by molar-refractivity contribution is 0.219. The number of hydrogen-bond acceptors (Lipinski definition) is 2. The third-order valence-electron chi connectivity index (χ3n) is 2.84. The summed E-state index contributed by atoms with van der Waals surface area (Å²) in [5.74, 6) is 0. The van der Waals surface area contributed by atoms with Crippen molar-refractivity contribution >= 4 is 23.2 Å². The van der Waals surface area contributed by atoms with Crippen LogP contribution in [-0.2, 0) is 7.05 Å². The van der Waals surface area contributed by atoms with Crippen molar-refractivity contribution in [2.24, 2.45) is 7.05 Å². The van der Waals surface area contributed by atoms with Crippen molar-refractivity contribution in [2.75, 3.05) is 0 Å². The monoisotopic (exact) mass is 270 g/mol. The van der Waals surface area contributed by atoms with Gasteiger partial charge in [0.1, 0.15) is 6.10 Å². The maximum absolute atomic E-state index is 10.3. The van der Waals surface area contributed by atoms with Crippen LogP contribution in [0.25, 0.3) is 0 Å². The van der Waals surface area contributed by atoms with E-state index in [9.17, 15) is 5.11 Å². The molecule has 1 N–H and O–H groups in total. The Labute approximate surface area is 110 Å². The number of aliphatic hydroxyl groups excluding tert-OH is 1. The molecule has 2 aromatic rings. The van der Waals surface area contributed by atoms with Crippen molar-refractivity contribution in [3.05, 3.63) is 51.3 Å². The Morgan fingerprint density at radius 3 is 2.59 bits per heavy atom. The van der Waals surface area contributed by atoms with Crippen LogP contribution in [0, 0.1) is 6.92 Å². The van der Waals surface area contributed by atoms with Gasteiger partial charge in [0, 0.05) is 23.9 Å². The second kappa shape index (κ2) is 4.69. The molecule has 0 saturated carbocycles. The molecule has 0 fully saturated rings. The normalized spacial score (nSPS) is 12.8. The second-order valence-electron chi connectivity index (χ2n) is 3.85. The lowest BCUT2D eigenvalue weighted by Gasteiger charge is -2.13. The number of rotatable bonds is 2. The highest BCUT2D eigenvalue weighted by atomic mass is 35.5. The van der Waals surface area contributed by atoms with E-state index in [1.54, 1.807) is 29.1 Å². The highest BCUT2D eigenvalue weighted by molar-refractivity contribution is 6.42. The number of aliphatic hydroxyl groups is 1. The van der Waals surface area contributed by atoms with Crippen LogP contribution in [0.3, 0.4) is 0 Å². The molecule has 3 nitrogen and oxygen atoms in total. The standard InChI is InChI=1S/C12H12Cl2N2O/c1-7-9(6-15-16(7)2)12(17)8-4-3-5-10(13)11(8)14/h3-6,12,17H,1-2H3. The average Bonchev–Trinajstić information content (AvgIpc) is 2.63. The molecule has 2 rings (SSSR count).